The third-order valence-corrected chi connectivity index (χ3v) is 3.69. The molecule has 0 heterocycles. The van der Waals surface area contributed by atoms with Gasteiger partial charge < -0.3 is 15.2 Å². The zero-order valence-corrected chi connectivity index (χ0v) is 12.9. The Hall–Kier alpha value is -2.82. The third-order valence-electron chi connectivity index (χ3n) is 3.69. The van der Waals surface area contributed by atoms with Crippen molar-refractivity contribution in [2.24, 2.45) is 0 Å². The van der Waals surface area contributed by atoms with E-state index < -0.39 is 17.6 Å². The molecule has 2 N–H and O–H groups in total. The Kier molecular flexibility index (Phi) is 5.36. The van der Waals surface area contributed by atoms with E-state index in [1.54, 1.807) is 37.3 Å². The van der Waals surface area contributed by atoms with Crippen molar-refractivity contribution in [3.63, 3.8) is 0 Å². The molecule has 2 aromatic rings. The molecule has 0 aromatic heterocycles. The van der Waals surface area contributed by atoms with E-state index in [2.05, 4.69) is 5.32 Å². The van der Waals surface area contributed by atoms with Crippen LogP contribution in [0.15, 0.2) is 60.7 Å². The first-order valence-corrected chi connectivity index (χ1v) is 7.36. The van der Waals surface area contributed by atoms with Gasteiger partial charge in [-0.2, -0.15) is 0 Å². The minimum atomic E-state index is -1.50. The minimum Gasteiger partial charge on any atom is -0.479 e. The maximum atomic E-state index is 12.1. The van der Waals surface area contributed by atoms with Crippen LogP contribution in [0.5, 0.6) is 0 Å². The first-order valence-electron chi connectivity index (χ1n) is 7.36. The molecule has 0 radical (unpaired) electrons. The van der Waals surface area contributed by atoms with E-state index in [0.717, 1.165) is 5.56 Å². The summed E-state index contributed by atoms with van der Waals surface area (Å²) < 4.78 is 5.14. The van der Waals surface area contributed by atoms with Gasteiger partial charge in [0.1, 0.15) is 6.61 Å². The fraction of sp³-hybridized carbons (Fsp3) is 0.222. The number of nitrogens with one attached hydrogen (secondary N) is 1. The molecule has 2 aromatic carbocycles. The van der Waals surface area contributed by atoms with Crippen LogP contribution in [0.1, 0.15) is 24.5 Å². The summed E-state index contributed by atoms with van der Waals surface area (Å²) in [5.41, 5.74) is -0.166. The van der Waals surface area contributed by atoms with Crippen molar-refractivity contribution >= 4 is 12.1 Å². The highest BCUT2D eigenvalue weighted by atomic mass is 16.5. The van der Waals surface area contributed by atoms with Crippen LogP contribution in [-0.4, -0.2) is 17.2 Å². The molecule has 0 aliphatic rings. The van der Waals surface area contributed by atoms with Crippen LogP contribution >= 0.6 is 0 Å². The number of hydrogen-bond acceptors (Lipinski definition) is 3. The molecule has 1 unspecified atom stereocenters. The van der Waals surface area contributed by atoms with E-state index in [1.165, 1.54) is 0 Å². The Morgan fingerprint density at radius 2 is 1.61 bits per heavy atom. The number of amides is 1. The molecular formula is C18H19NO4. The van der Waals surface area contributed by atoms with E-state index >= 15 is 0 Å². The lowest BCUT2D eigenvalue weighted by Crippen LogP contribution is -2.51. The predicted molar refractivity (Wildman–Crippen MR) is 85.8 cm³/mol. The molecule has 0 saturated heterocycles. The quantitative estimate of drug-likeness (QED) is 0.858. The number of rotatable bonds is 6. The summed E-state index contributed by atoms with van der Waals surface area (Å²) in [4.78, 5) is 23.9. The Morgan fingerprint density at radius 1 is 1.04 bits per heavy atom. The van der Waals surface area contributed by atoms with E-state index in [9.17, 15) is 14.7 Å². The van der Waals surface area contributed by atoms with Gasteiger partial charge in [0.15, 0.2) is 5.54 Å². The standard InChI is InChI=1S/C18H19NO4/c1-2-18(16(20)21,15-11-7-4-8-12-15)19-17(22)23-13-14-9-5-3-6-10-14/h3-12H,2,13H2,1H3,(H,19,22)(H,20,21). The summed E-state index contributed by atoms with van der Waals surface area (Å²) in [5.74, 6) is -1.12. The largest absolute Gasteiger partial charge is 0.479 e. The van der Waals surface area contributed by atoms with Gasteiger partial charge in [0.25, 0.3) is 0 Å². The summed E-state index contributed by atoms with van der Waals surface area (Å²) in [6.07, 6.45) is -0.561. The first-order chi connectivity index (χ1) is 11.1. The summed E-state index contributed by atoms with van der Waals surface area (Å²) >= 11 is 0. The van der Waals surface area contributed by atoms with E-state index in [-0.39, 0.29) is 13.0 Å². The minimum absolute atomic E-state index is 0.0842. The van der Waals surface area contributed by atoms with E-state index in [0.29, 0.717) is 5.56 Å². The lowest BCUT2D eigenvalue weighted by Gasteiger charge is -2.29. The highest BCUT2D eigenvalue weighted by Gasteiger charge is 2.40. The predicted octanol–water partition coefficient (Wildman–Crippen LogP) is 3.30. The van der Waals surface area contributed by atoms with Gasteiger partial charge in [-0.05, 0) is 17.5 Å². The molecular weight excluding hydrogens is 294 g/mol. The number of carbonyl (C=O) groups excluding carboxylic acids is 1. The normalized spacial score (nSPS) is 12.9. The van der Waals surface area contributed by atoms with Crippen LogP contribution < -0.4 is 5.32 Å². The Labute approximate surface area is 134 Å². The number of hydrogen-bond donors (Lipinski definition) is 2. The lowest BCUT2D eigenvalue weighted by atomic mass is 9.87. The van der Waals surface area contributed by atoms with Crippen molar-refractivity contribution in [3.8, 4) is 0 Å². The molecule has 1 atom stereocenters. The fourth-order valence-electron chi connectivity index (χ4n) is 2.35. The molecule has 5 nitrogen and oxygen atoms in total. The van der Waals surface area contributed by atoms with Crippen LogP contribution in [0.3, 0.4) is 0 Å². The molecule has 120 valence electrons. The molecule has 0 aliphatic carbocycles. The lowest BCUT2D eigenvalue weighted by molar-refractivity contribution is -0.145. The monoisotopic (exact) mass is 313 g/mol. The smallest absolute Gasteiger partial charge is 0.408 e. The number of alkyl carbamates (subject to hydrolysis) is 1. The summed E-state index contributed by atoms with van der Waals surface area (Å²) in [7, 11) is 0. The Balaban J connectivity index is 2.12. The highest BCUT2D eigenvalue weighted by Crippen LogP contribution is 2.25. The number of benzene rings is 2. The molecule has 2 rings (SSSR count). The number of carboxylic acid groups (broad SMARTS) is 1. The zero-order chi connectivity index (χ0) is 16.7. The second-order valence-electron chi connectivity index (χ2n) is 5.12. The van der Waals surface area contributed by atoms with Crippen LogP contribution in [0, 0.1) is 0 Å². The molecule has 0 saturated carbocycles. The SMILES string of the molecule is CCC(NC(=O)OCc1ccccc1)(C(=O)O)c1ccccc1. The summed E-state index contributed by atoms with van der Waals surface area (Å²) in [5, 5.41) is 12.1. The van der Waals surface area contributed by atoms with Gasteiger partial charge in [-0.3, -0.25) is 0 Å². The van der Waals surface area contributed by atoms with Crippen molar-refractivity contribution < 1.29 is 19.4 Å². The first kappa shape index (κ1) is 16.5. The Bertz CT molecular complexity index is 657. The van der Waals surface area contributed by atoms with Crippen LogP contribution in [0.2, 0.25) is 0 Å². The Morgan fingerprint density at radius 3 is 2.13 bits per heavy atom. The average molecular weight is 313 g/mol. The van der Waals surface area contributed by atoms with Crippen molar-refractivity contribution in [1.82, 2.24) is 5.32 Å². The number of carboxylic acids is 1. The molecule has 0 spiro atoms. The van der Waals surface area contributed by atoms with Gasteiger partial charge in [0, 0.05) is 0 Å². The summed E-state index contributed by atoms with van der Waals surface area (Å²) in [6.45, 7) is 1.79. The van der Waals surface area contributed by atoms with Crippen LogP contribution in [-0.2, 0) is 21.7 Å². The highest BCUT2D eigenvalue weighted by molar-refractivity contribution is 5.85. The molecule has 23 heavy (non-hydrogen) atoms. The fourth-order valence-corrected chi connectivity index (χ4v) is 2.35. The summed E-state index contributed by atoms with van der Waals surface area (Å²) in [6, 6.07) is 17.8. The number of aliphatic carboxylic acids is 1. The second-order valence-corrected chi connectivity index (χ2v) is 5.12. The molecule has 1 amide bonds. The number of ether oxygens (including phenoxy) is 1. The zero-order valence-electron chi connectivity index (χ0n) is 12.9. The third kappa shape index (κ3) is 3.88. The van der Waals surface area contributed by atoms with Gasteiger partial charge in [-0.15, -0.1) is 0 Å². The molecule has 0 bridgehead atoms. The van der Waals surface area contributed by atoms with Gasteiger partial charge in [0.05, 0.1) is 0 Å². The molecule has 5 heteroatoms. The van der Waals surface area contributed by atoms with Gasteiger partial charge in [-0.25, -0.2) is 9.59 Å². The molecule has 0 fully saturated rings. The maximum Gasteiger partial charge on any atom is 0.408 e. The van der Waals surface area contributed by atoms with Gasteiger partial charge >= 0.3 is 12.1 Å². The van der Waals surface area contributed by atoms with Gasteiger partial charge in [-0.1, -0.05) is 67.6 Å². The second kappa shape index (κ2) is 7.45. The van der Waals surface area contributed by atoms with E-state index in [1.807, 2.05) is 30.3 Å². The van der Waals surface area contributed by atoms with Crippen molar-refractivity contribution in [3.05, 3.63) is 71.8 Å². The molecule has 0 aliphatic heterocycles. The van der Waals surface area contributed by atoms with Crippen LogP contribution in [0.25, 0.3) is 0 Å². The van der Waals surface area contributed by atoms with Crippen molar-refractivity contribution in [2.45, 2.75) is 25.5 Å². The van der Waals surface area contributed by atoms with Crippen molar-refractivity contribution in [2.75, 3.05) is 0 Å². The topological polar surface area (TPSA) is 75.6 Å². The number of carbonyl (C=O) groups is 2. The van der Waals surface area contributed by atoms with E-state index in [4.69, 9.17) is 4.74 Å². The average Bonchev–Trinajstić information content (AvgIpc) is 2.59. The maximum absolute atomic E-state index is 12.1. The van der Waals surface area contributed by atoms with Gasteiger partial charge in [0.2, 0.25) is 0 Å². The van der Waals surface area contributed by atoms with Crippen molar-refractivity contribution in [1.29, 1.82) is 0 Å². The van der Waals surface area contributed by atoms with Crippen LogP contribution in [0.4, 0.5) is 4.79 Å².